The maximum Gasteiger partial charge on any atom is 0.256 e. The second kappa shape index (κ2) is 8.12. The van der Waals surface area contributed by atoms with E-state index in [9.17, 15) is 9.59 Å². The van der Waals surface area contributed by atoms with Crippen LogP contribution in [0.3, 0.4) is 0 Å². The number of carbonyl (C=O) groups excluding carboxylic acids is 1. The topological polar surface area (TPSA) is 67.2 Å². The van der Waals surface area contributed by atoms with Crippen molar-refractivity contribution in [3.63, 3.8) is 0 Å². The van der Waals surface area contributed by atoms with Gasteiger partial charge in [-0.3, -0.25) is 14.2 Å². The molecular weight excluding hydrogens is 360 g/mol. The fraction of sp³-hybridized carbons (Fsp3) is 0.471. The van der Waals surface area contributed by atoms with Crippen LogP contribution in [0.5, 0.6) is 0 Å². The van der Waals surface area contributed by atoms with E-state index in [1.807, 2.05) is 0 Å². The largest absolute Gasteiger partial charge is 0.348 e. The van der Waals surface area contributed by atoms with Crippen LogP contribution >= 0.6 is 22.9 Å². The minimum absolute atomic E-state index is 0.141. The van der Waals surface area contributed by atoms with Crippen molar-refractivity contribution in [2.75, 3.05) is 19.6 Å². The third-order valence-corrected chi connectivity index (χ3v) is 5.34. The molecule has 1 aliphatic heterocycles. The van der Waals surface area contributed by atoms with Crippen LogP contribution in [0, 0.1) is 0 Å². The number of amides is 1. The number of piperidine rings is 1. The fourth-order valence-electron chi connectivity index (χ4n) is 3.09. The Morgan fingerprint density at radius 3 is 3.04 bits per heavy atom. The van der Waals surface area contributed by atoms with Crippen LogP contribution in [-0.2, 0) is 0 Å². The summed E-state index contributed by atoms with van der Waals surface area (Å²) >= 11 is 7.09. The molecule has 0 saturated carbocycles. The first-order chi connectivity index (χ1) is 12.1. The highest BCUT2D eigenvalue weighted by atomic mass is 35.5. The van der Waals surface area contributed by atoms with E-state index < -0.39 is 0 Å². The molecule has 2 aromatic rings. The molecule has 0 aromatic carbocycles. The summed E-state index contributed by atoms with van der Waals surface area (Å²) in [6, 6.07) is 3.08. The predicted octanol–water partition coefficient (Wildman–Crippen LogP) is 2.55. The van der Waals surface area contributed by atoms with E-state index in [2.05, 4.69) is 22.1 Å². The standard InChI is InChI=1S/C17H21ClN4O2S/c1-2-7-21-8-3-4-13(11-21)20-16(24)12-5-6-15(23)22(10-12)17-19-9-14(18)25-17/h5-6,9-10,13H,2-4,7-8,11H2,1H3,(H,20,24)/t13-/m0/s1. The predicted molar refractivity (Wildman–Crippen MR) is 99.9 cm³/mol. The summed E-state index contributed by atoms with van der Waals surface area (Å²) in [4.78, 5) is 31.1. The van der Waals surface area contributed by atoms with Crippen molar-refractivity contribution in [1.82, 2.24) is 19.8 Å². The van der Waals surface area contributed by atoms with Crippen molar-refractivity contribution in [2.45, 2.75) is 32.2 Å². The summed E-state index contributed by atoms with van der Waals surface area (Å²) in [7, 11) is 0. The number of likely N-dealkylation sites (tertiary alicyclic amines) is 1. The molecular formula is C17H21ClN4O2S. The first-order valence-electron chi connectivity index (χ1n) is 8.44. The van der Waals surface area contributed by atoms with E-state index in [1.165, 1.54) is 34.4 Å². The molecule has 1 amide bonds. The smallest absolute Gasteiger partial charge is 0.256 e. The number of thiazole rings is 1. The van der Waals surface area contributed by atoms with Crippen LogP contribution in [0.4, 0.5) is 0 Å². The van der Waals surface area contributed by atoms with E-state index in [0.29, 0.717) is 15.0 Å². The number of nitrogens with one attached hydrogen (secondary N) is 1. The van der Waals surface area contributed by atoms with E-state index in [0.717, 1.165) is 38.9 Å². The summed E-state index contributed by atoms with van der Waals surface area (Å²) in [5.41, 5.74) is 0.202. The van der Waals surface area contributed by atoms with Gasteiger partial charge in [0, 0.05) is 24.8 Å². The van der Waals surface area contributed by atoms with Crippen LogP contribution < -0.4 is 10.9 Å². The van der Waals surface area contributed by atoms with Crippen LogP contribution in [0.25, 0.3) is 5.13 Å². The van der Waals surface area contributed by atoms with Gasteiger partial charge in [-0.1, -0.05) is 29.9 Å². The molecule has 0 unspecified atom stereocenters. The summed E-state index contributed by atoms with van der Waals surface area (Å²) in [5, 5.41) is 3.54. The minimum atomic E-state index is -0.241. The van der Waals surface area contributed by atoms with Gasteiger partial charge in [-0.15, -0.1) is 0 Å². The number of aromatic nitrogens is 2. The summed E-state index contributed by atoms with van der Waals surface area (Å²) in [6.07, 6.45) is 6.20. The number of hydrogen-bond acceptors (Lipinski definition) is 5. The number of carbonyl (C=O) groups is 1. The lowest BCUT2D eigenvalue weighted by atomic mass is 10.0. The first kappa shape index (κ1) is 18.1. The minimum Gasteiger partial charge on any atom is -0.348 e. The molecule has 1 atom stereocenters. The average molecular weight is 381 g/mol. The molecule has 25 heavy (non-hydrogen) atoms. The lowest BCUT2D eigenvalue weighted by molar-refractivity contribution is 0.0903. The Kier molecular flexibility index (Phi) is 5.88. The van der Waals surface area contributed by atoms with Gasteiger partial charge in [0.05, 0.1) is 11.8 Å². The van der Waals surface area contributed by atoms with Crippen LogP contribution in [0.1, 0.15) is 36.5 Å². The quantitative estimate of drug-likeness (QED) is 0.865. The summed E-state index contributed by atoms with van der Waals surface area (Å²) in [5.74, 6) is -0.167. The highest BCUT2D eigenvalue weighted by molar-refractivity contribution is 7.18. The number of halogens is 1. The van der Waals surface area contributed by atoms with Crippen LogP contribution in [0.2, 0.25) is 4.34 Å². The van der Waals surface area contributed by atoms with Gasteiger partial charge >= 0.3 is 0 Å². The number of pyridine rings is 1. The molecule has 8 heteroatoms. The summed E-state index contributed by atoms with van der Waals surface area (Å²) in [6.45, 7) is 5.19. The van der Waals surface area contributed by atoms with Gasteiger partial charge < -0.3 is 10.2 Å². The van der Waals surface area contributed by atoms with E-state index >= 15 is 0 Å². The average Bonchev–Trinajstić information content (AvgIpc) is 3.02. The van der Waals surface area contributed by atoms with Gasteiger partial charge in [-0.2, -0.15) is 0 Å². The maximum atomic E-state index is 12.6. The van der Waals surface area contributed by atoms with Crippen molar-refractivity contribution in [1.29, 1.82) is 0 Å². The molecule has 2 aromatic heterocycles. The van der Waals surface area contributed by atoms with Gasteiger partial charge in [-0.05, 0) is 38.4 Å². The second-order valence-electron chi connectivity index (χ2n) is 6.19. The second-order valence-corrected chi connectivity index (χ2v) is 7.83. The monoisotopic (exact) mass is 380 g/mol. The van der Waals surface area contributed by atoms with Crippen LogP contribution in [0.15, 0.2) is 29.3 Å². The Balaban J connectivity index is 1.73. The molecule has 1 fully saturated rings. The molecule has 0 aliphatic carbocycles. The highest BCUT2D eigenvalue weighted by Gasteiger charge is 2.21. The third kappa shape index (κ3) is 4.48. The Hall–Kier alpha value is -1.70. The van der Waals surface area contributed by atoms with E-state index in [1.54, 1.807) is 6.07 Å². The molecule has 6 nitrogen and oxygen atoms in total. The van der Waals surface area contributed by atoms with Gasteiger partial charge in [0.15, 0.2) is 5.13 Å². The van der Waals surface area contributed by atoms with E-state index in [4.69, 9.17) is 11.6 Å². The molecule has 0 radical (unpaired) electrons. The zero-order valence-electron chi connectivity index (χ0n) is 14.1. The number of hydrogen-bond donors (Lipinski definition) is 1. The molecule has 134 valence electrons. The normalized spacial score (nSPS) is 18.2. The third-order valence-electron chi connectivity index (χ3n) is 4.23. The zero-order chi connectivity index (χ0) is 17.8. The Morgan fingerprint density at radius 2 is 2.32 bits per heavy atom. The van der Waals surface area contributed by atoms with Crippen molar-refractivity contribution in [2.24, 2.45) is 0 Å². The lowest BCUT2D eigenvalue weighted by Crippen LogP contribution is -2.47. The number of rotatable bonds is 5. The van der Waals surface area contributed by atoms with Crippen molar-refractivity contribution in [3.8, 4) is 5.13 Å². The lowest BCUT2D eigenvalue weighted by Gasteiger charge is -2.32. The first-order valence-corrected chi connectivity index (χ1v) is 9.64. The Labute approximate surface area is 155 Å². The zero-order valence-corrected chi connectivity index (χ0v) is 15.6. The van der Waals surface area contributed by atoms with Crippen molar-refractivity contribution >= 4 is 28.8 Å². The fourth-order valence-corrected chi connectivity index (χ4v) is 3.97. The molecule has 1 aliphatic rings. The molecule has 1 N–H and O–H groups in total. The van der Waals surface area contributed by atoms with Gasteiger partial charge in [0.25, 0.3) is 11.5 Å². The molecule has 0 bridgehead atoms. The molecule has 1 saturated heterocycles. The van der Waals surface area contributed by atoms with Crippen molar-refractivity contribution in [3.05, 3.63) is 44.8 Å². The van der Waals surface area contributed by atoms with Crippen molar-refractivity contribution < 1.29 is 4.79 Å². The molecule has 3 rings (SSSR count). The van der Waals surface area contributed by atoms with E-state index in [-0.39, 0.29) is 17.5 Å². The van der Waals surface area contributed by atoms with Gasteiger partial charge in [0.1, 0.15) is 4.34 Å². The Bertz CT molecular complexity index is 802. The summed E-state index contributed by atoms with van der Waals surface area (Å²) < 4.78 is 1.85. The number of nitrogens with zero attached hydrogens (tertiary/aromatic N) is 3. The van der Waals surface area contributed by atoms with Gasteiger partial charge in [-0.25, -0.2) is 4.98 Å². The van der Waals surface area contributed by atoms with Crippen LogP contribution in [-0.4, -0.2) is 46.0 Å². The molecule has 3 heterocycles. The maximum absolute atomic E-state index is 12.6. The molecule has 0 spiro atoms. The SMILES string of the molecule is CCCN1CCC[C@H](NC(=O)c2ccc(=O)n(-c3ncc(Cl)s3)c2)C1. The Morgan fingerprint density at radius 1 is 1.48 bits per heavy atom. The van der Waals surface area contributed by atoms with Gasteiger partial charge in [0.2, 0.25) is 0 Å². The highest BCUT2D eigenvalue weighted by Crippen LogP contribution is 2.20.